The topological polar surface area (TPSA) is 26.2 Å². The SMILES string of the molecule is Cc1cc2ccccc2n1CCNC(C)C1CCCO1. The fraction of sp³-hybridized carbons (Fsp3) is 0.529. The molecule has 0 radical (unpaired) electrons. The summed E-state index contributed by atoms with van der Waals surface area (Å²) in [7, 11) is 0. The van der Waals surface area contributed by atoms with Crippen molar-refractivity contribution < 1.29 is 4.74 Å². The van der Waals surface area contributed by atoms with Gasteiger partial charge in [-0.05, 0) is 44.2 Å². The molecule has 1 aromatic heterocycles. The Morgan fingerprint density at radius 1 is 1.40 bits per heavy atom. The fourth-order valence-corrected chi connectivity index (χ4v) is 3.18. The summed E-state index contributed by atoms with van der Waals surface area (Å²) >= 11 is 0. The van der Waals surface area contributed by atoms with Gasteiger partial charge in [-0.25, -0.2) is 0 Å². The Morgan fingerprint density at radius 3 is 3.05 bits per heavy atom. The summed E-state index contributed by atoms with van der Waals surface area (Å²) in [5.74, 6) is 0. The van der Waals surface area contributed by atoms with Gasteiger partial charge in [0.1, 0.15) is 0 Å². The van der Waals surface area contributed by atoms with Crippen LogP contribution in [0.1, 0.15) is 25.5 Å². The van der Waals surface area contributed by atoms with Gasteiger partial charge in [0, 0.05) is 36.9 Å². The zero-order valence-electron chi connectivity index (χ0n) is 12.4. The second-order valence-corrected chi connectivity index (χ2v) is 5.79. The number of aromatic nitrogens is 1. The van der Waals surface area contributed by atoms with E-state index in [9.17, 15) is 0 Å². The van der Waals surface area contributed by atoms with Crippen LogP contribution < -0.4 is 5.32 Å². The number of para-hydroxylation sites is 1. The molecular formula is C17H24N2O. The van der Waals surface area contributed by atoms with Crippen LogP contribution in [0.25, 0.3) is 10.9 Å². The van der Waals surface area contributed by atoms with Crippen LogP contribution in [0.2, 0.25) is 0 Å². The van der Waals surface area contributed by atoms with E-state index in [0.717, 1.165) is 19.7 Å². The van der Waals surface area contributed by atoms with Gasteiger partial charge in [-0.1, -0.05) is 18.2 Å². The molecule has 2 heterocycles. The average molecular weight is 272 g/mol. The van der Waals surface area contributed by atoms with Gasteiger partial charge >= 0.3 is 0 Å². The van der Waals surface area contributed by atoms with Crippen LogP contribution >= 0.6 is 0 Å². The molecule has 3 heteroatoms. The Labute approximate surface area is 120 Å². The van der Waals surface area contributed by atoms with Crippen molar-refractivity contribution in [1.82, 2.24) is 9.88 Å². The molecule has 1 saturated heterocycles. The molecule has 0 amide bonds. The lowest BCUT2D eigenvalue weighted by atomic mass is 10.1. The number of benzene rings is 1. The van der Waals surface area contributed by atoms with Crippen LogP contribution in [0.5, 0.6) is 0 Å². The summed E-state index contributed by atoms with van der Waals surface area (Å²) < 4.78 is 8.12. The maximum atomic E-state index is 5.73. The Balaban J connectivity index is 1.61. The summed E-state index contributed by atoms with van der Waals surface area (Å²) in [4.78, 5) is 0. The molecular weight excluding hydrogens is 248 g/mol. The molecule has 3 rings (SSSR count). The van der Waals surface area contributed by atoms with E-state index in [1.807, 2.05) is 0 Å². The van der Waals surface area contributed by atoms with Gasteiger partial charge in [-0.3, -0.25) is 0 Å². The fourth-order valence-electron chi connectivity index (χ4n) is 3.18. The second-order valence-electron chi connectivity index (χ2n) is 5.79. The highest BCUT2D eigenvalue weighted by Gasteiger charge is 2.21. The lowest BCUT2D eigenvalue weighted by Gasteiger charge is -2.20. The zero-order valence-corrected chi connectivity index (χ0v) is 12.4. The van der Waals surface area contributed by atoms with Gasteiger partial charge in [-0.15, -0.1) is 0 Å². The van der Waals surface area contributed by atoms with Crippen molar-refractivity contribution in [1.29, 1.82) is 0 Å². The molecule has 1 N–H and O–H groups in total. The predicted octanol–water partition coefficient (Wildman–Crippen LogP) is 3.11. The van der Waals surface area contributed by atoms with Crippen LogP contribution in [0.4, 0.5) is 0 Å². The molecule has 20 heavy (non-hydrogen) atoms. The first kappa shape index (κ1) is 13.7. The second kappa shape index (κ2) is 5.98. The molecule has 108 valence electrons. The first-order chi connectivity index (χ1) is 9.75. The van der Waals surface area contributed by atoms with Crippen molar-refractivity contribution in [3.63, 3.8) is 0 Å². The minimum atomic E-state index is 0.400. The van der Waals surface area contributed by atoms with E-state index in [2.05, 4.69) is 54.1 Å². The normalized spacial score (nSPS) is 20.6. The summed E-state index contributed by atoms with van der Waals surface area (Å²) in [6, 6.07) is 11.3. The minimum Gasteiger partial charge on any atom is -0.377 e. The largest absolute Gasteiger partial charge is 0.377 e. The van der Waals surface area contributed by atoms with Crippen molar-refractivity contribution in [2.75, 3.05) is 13.2 Å². The number of rotatable bonds is 5. The Morgan fingerprint density at radius 2 is 2.25 bits per heavy atom. The standard InChI is InChI=1S/C17H24N2O/c1-13-12-15-6-3-4-7-16(15)19(13)10-9-18-14(2)17-8-5-11-20-17/h3-4,6-7,12,14,17-18H,5,8-11H2,1-2H3. The molecule has 2 unspecified atom stereocenters. The molecule has 1 fully saturated rings. The lowest BCUT2D eigenvalue weighted by molar-refractivity contribution is 0.0835. The number of nitrogens with one attached hydrogen (secondary N) is 1. The maximum Gasteiger partial charge on any atom is 0.0726 e. The molecule has 1 aromatic carbocycles. The van der Waals surface area contributed by atoms with E-state index in [0.29, 0.717) is 12.1 Å². The third-order valence-corrected chi connectivity index (χ3v) is 4.34. The molecule has 3 nitrogen and oxygen atoms in total. The highest BCUT2D eigenvalue weighted by atomic mass is 16.5. The zero-order chi connectivity index (χ0) is 13.9. The first-order valence-corrected chi connectivity index (χ1v) is 7.65. The van der Waals surface area contributed by atoms with Gasteiger partial charge in [0.05, 0.1) is 6.10 Å². The van der Waals surface area contributed by atoms with Crippen LogP contribution in [-0.2, 0) is 11.3 Å². The van der Waals surface area contributed by atoms with Crippen LogP contribution in [0, 0.1) is 6.92 Å². The van der Waals surface area contributed by atoms with E-state index in [1.165, 1.54) is 29.4 Å². The van der Waals surface area contributed by atoms with Gasteiger partial charge in [0.15, 0.2) is 0 Å². The molecule has 0 bridgehead atoms. The summed E-state index contributed by atoms with van der Waals surface area (Å²) in [5.41, 5.74) is 2.66. The first-order valence-electron chi connectivity index (χ1n) is 7.65. The number of ether oxygens (including phenoxy) is 1. The quantitative estimate of drug-likeness (QED) is 0.905. The van der Waals surface area contributed by atoms with Gasteiger partial charge < -0.3 is 14.6 Å². The van der Waals surface area contributed by atoms with E-state index in [4.69, 9.17) is 4.74 Å². The molecule has 1 aliphatic heterocycles. The molecule has 2 atom stereocenters. The summed E-state index contributed by atoms with van der Waals surface area (Å²) in [6.45, 7) is 7.34. The molecule has 0 aliphatic carbocycles. The van der Waals surface area contributed by atoms with Crippen molar-refractivity contribution >= 4 is 10.9 Å². The number of hydrogen-bond acceptors (Lipinski definition) is 2. The third kappa shape index (κ3) is 2.74. The van der Waals surface area contributed by atoms with E-state index < -0.39 is 0 Å². The van der Waals surface area contributed by atoms with Crippen molar-refractivity contribution in [3.8, 4) is 0 Å². The predicted molar refractivity (Wildman–Crippen MR) is 83.1 cm³/mol. The van der Waals surface area contributed by atoms with Gasteiger partial charge in [0.2, 0.25) is 0 Å². The van der Waals surface area contributed by atoms with Crippen LogP contribution in [0.3, 0.4) is 0 Å². The average Bonchev–Trinajstić information content (AvgIpc) is 3.07. The third-order valence-electron chi connectivity index (χ3n) is 4.34. The number of hydrogen-bond donors (Lipinski definition) is 1. The van der Waals surface area contributed by atoms with Crippen molar-refractivity contribution in [2.24, 2.45) is 0 Å². The molecule has 0 spiro atoms. The van der Waals surface area contributed by atoms with Crippen LogP contribution in [-0.4, -0.2) is 29.9 Å². The van der Waals surface area contributed by atoms with Gasteiger partial charge in [-0.2, -0.15) is 0 Å². The smallest absolute Gasteiger partial charge is 0.0726 e. The molecule has 2 aromatic rings. The number of aryl methyl sites for hydroxylation is 1. The monoisotopic (exact) mass is 272 g/mol. The van der Waals surface area contributed by atoms with Gasteiger partial charge in [0.25, 0.3) is 0 Å². The highest BCUT2D eigenvalue weighted by Crippen LogP contribution is 2.19. The molecule has 0 saturated carbocycles. The summed E-state index contributed by atoms with van der Waals surface area (Å²) in [5, 5.41) is 4.94. The van der Waals surface area contributed by atoms with E-state index >= 15 is 0 Å². The number of nitrogens with zero attached hydrogens (tertiary/aromatic N) is 1. The lowest BCUT2D eigenvalue weighted by Crippen LogP contribution is -2.38. The Bertz CT molecular complexity index is 569. The van der Waals surface area contributed by atoms with Crippen molar-refractivity contribution in [2.45, 2.75) is 45.4 Å². The van der Waals surface area contributed by atoms with E-state index in [1.54, 1.807) is 0 Å². The Hall–Kier alpha value is -1.32. The Kier molecular flexibility index (Phi) is 4.08. The summed E-state index contributed by atoms with van der Waals surface area (Å²) in [6.07, 6.45) is 2.80. The van der Waals surface area contributed by atoms with Crippen LogP contribution in [0.15, 0.2) is 30.3 Å². The minimum absolute atomic E-state index is 0.400. The van der Waals surface area contributed by atoms with E-state index in [-0.39, 0.29) is 0 Å². The highest BCUT2D eigenvalue weighted by molar-refractivity contribution is 5.81. The number of fused-ring (bicyclic) bond motifs is 1. The van der Waals surface area contributed by atoms with Crippen molar-refractivity contribution in [3.05, 3.63) is 36.0 Å². The molecule has 1 aliphatic rings. The maximum absolute atomic E-state index is 5.73.